The van der Waals surface area contributed by atoms with Gasteiger partial charge < -0.3 is 4.90 Å². The van der Waals surface area contributed by atoms with Gasteiger partial charge in [0.25, 0.3) is 0 Å². The van der Waals surface area contributed by atoms with Gasteiger partial charge in [-0.3, -0.25) is 0 Å². The number of nitrogens with zero attached hydrogens (tertiary/aromatic N) is 2. The second kappa shape index (κ2) is 6.35. The van der Waals surface area contributed by atoms with Crippen LogP contribution in [0, 0.1) is 11.3 Å². The fraction of sp³-hybridized carbons (Fsp3) is 0.417. The number of rotatable bonds is 5. The molecule has 0 heterocycles. The third-order valence-corrected chi connectivity index (χ3v) is 4.71. The van der Waals surface area contributed by atoms with E-state index in [1.165, 1.54) is 18.2 Å². The lowest BCUT2D eigenvalue weighted by molar-refractivity contribution is 0.314. The molecule has 1 N–H and O–H groups in total. The fourth-order valence-corrected chi connectivity index (χ4v) is 2.91. The number of halogens is 1. The van der Waals surface area contributed by atoms with Crippen molar-refractivity contribution in [2.24, 2.45) is 0 Å². The SMILES string of the molecule is CC(CNS(=O)(=O)c1cc(C#N)ccc1Cl)N(C)C. The minimum atomic E-state index is -3.71. The van der Waals surface area contributed by atoms with Crippen molar-refractivity contribution in [2.75, 3.05) is 20.6 Å². The molecular formula is C12H16ClN3O2S. The van der Waals surface area contributed by atoms with Crippen LogP contribution in [0.5, 0.6) is 0 Å². The van der Waals surface area contributed by atoms with Gasteiger partial charge in [-0.1, -0.05) is 11.6 Å². The summed E-state index contributed by atoms with van der Waals surface area (Å²) in [5, 5.41) is 8.90. The van der Waals surface area contributed by atoms with Crippen molar-refractivity contribution in [2.45, 2.75) is 17.9 Å². The van der Waals surface area contributed by atoms with Crippen LogP contribution in [-0.2, 0) is 10.0 Å². The van der Waals surface area contributed by atoms with Gasteiger partial charge in [0.1, 0.15) is 4.90 Å². The number of benzene rings is 1. The highest BCUT2D eigenvalue weighted by molar-refractivity contribution is 7.89. The van der Waals surface area contributed by atoms with Crippen LogP contribution >= 0.6 is 11.6 Å². The van der Waals surface area contributed by atoms with E-state index in [-0.39, 0.29) is 28.1 Å². The number of sulfonamides is 1. The van der Waals surface area contributed by atoms with Gasteiger partial charge in [0.15, 0.2) is 0 Å². The molecule has 1 aromatic rings. The number of nitrogens with one attached hydrogen (secondary N) is 1. The van der Waals surface area contributed by atoms with Crippen LogP contribution in [-0.4, -0.2) is 40.0 Å². The van der Waals surface area contributed by atoms with Crippen molar-refractivity contribution >= 4 is 21.6 Å². The average molecular weight is 302 g/mol. The molecule has 104 valence electrons. The predicted octanol–water partition coefficient (Wildman–Crippen LogP) is 1.44. The minimum absolute atomic E-state index is 0.0488. The smallest absolute Gasteiger partial charge is 0.242 e. The monoisotopic (exact) mass is 301 g/mol. The van der Waals surface area contributed by atoms with Crippen LogP contribution in [0.15, 0.2) is 23.1 Å². The number of hydrogen-bond acceptors (Lipinski definition) is 4. The van der Waals surface area contributed by atoms with Crippen molar-refractivity contribution in [3.8, 4) is 6.07 Å². The lowest BCUT2D eigenvalue weighted by atomic mass is 10.2. The van der Waals surface area contributed by atoms with E-state index >= 15 is 0 Å². The lowest BCUT2D eigenvalue weighted by Crippen LogP contribution is -2.38. The van der Waals surface area contributed by atoms with Gasteiger partial charge in [-0.25, -0.2) is 13.1 Å². The Kier molecular flexibility index (Phi) is 5.32. The van der Waals surface area contributed by atoms with E-state index < -0.39 is 10.0 Å². The Bertz CT molecular complexity index is 593. The molecular weight excluding hydrogens is 286 g/mol. The summed E-state index contributed by atoms with van der Waals surface area (Å²) in [5.74, 6) is 0. The van der Waals surface area contributed by atoms with Gasteiger partial charge in [0.05, 0.1) is 16.7 Å². The molecule has 0 amide bonds. The zero-order valence-electron chi connectivity index (χ0n) is 11.0. The Labute approximate surface area is 118 Å². The van der Waals surface area contributed by atoms with Crippen LogP contribution < -0.4 is 4.72 Å². The maximum atomic E-state index is 12.1. The van der Waals surface area contributed by atoms with Crippen molar-refractivity contribution in [1.29, 1.82) is 5.26 Å². The lowest BCUT2D eigenvalue weighted by Gasteiger charge is -2.20. The van der Waals surface area contributed by atoms with Crippen LogP contribution in [0.25, 0.3) is 0 Å². The summed E-state index contributed by atoms with van der Waals surface area (Å²) in [6, 6.07) is 6.09. The molecule has 0 fully saturated rings. The summed E-state index contributed by atoms with van der Waals surface area (Å²) in [7, 11) is 0.0148. The maximum absolute atomic E-state index is 12.1. The fourth-order valence-electron chi connectivity index (χ4n) is 1.27. The normalized spacial score (nSPS) is 13.3. The molecule has 1 unspecified atom stereocenters. The zero-order chi connectivity index (χ0) is 14.6. The molecule has 1 atom stereocenters. The zero-order valence-corrected chi connectivity index (χ0v) is 12.6. The molecule has 0 spiro atoms. The summed E-state index contributed by atoms with van der Waals surface area (Å²) < 4.78 is 26.7. The van der Waals surface area contributed by atoms with Gasteiger partial charge in [0.2, 0.25) is 10.0 Å². The molecule has 0 saturated heterocycles. The quantitative estimate of drug-likeness (QED) is 0.893. The van der Waals surface area contributed by atoms with E-state index in [0.29, 0.717) is 0 Å². The molecule has 0 bridgehead atoms. The first-order chi connectivity index (χ1) is 8.77. The highest BCUT2D eigenvalue weighted by Gasteiger charge is 2.19. The van der Waals surface area contributed by atoms with E-state index in [1.807, 2.05) is 32.0 Å². The molecule has 5 nitrogen and oxygen atoms in total. The predicted molar refractivity (Wildman–Crippen MR) is 74.5 cm³/mol. The first-order valence-electron chi connectivity index (χ1n) is 5.63. The standard InChI is InChI=1S/C12H16ClN3O2S/c1-9(16(2)3)8-15-19(17,18)12-6-10(7-14)4-5-11(12)13/h4-6,9,15H,8H2,1-3H3. The molecule has 1 rings (SSSR count). The highest BCUT2D eigenvalue weighted by Crippen LogP contribution is 2.22. The van der Waals surface area contributed by atoms with Gasteiger partial charge >= 0.3 is 0 Å². The van der Waals surface area contributed by atoms with E-state index in [2.05, 4.69) is 4.72 Å². The van der Waals surface area contributed by atoms with E-state index in [4.69, 9.17) is 16.9 Å². The van der Waals surface area contributed by atoms with Gasteiger partial charge in [0, 0.05) is 12.6 Å². The largest absolute Gasteiger partial charge is 0.305 e. The van der Waals surface area contributed by atoms with Gasteiger partial charge in [-0.15, -0.1) is 0 Å². The van der Waals surface area contributed by atoms with E-state index in [1.54, 1.807) is 0 Å². The third kappa shape index (κ3) is 4.18. The van der Waals surface area contributed by atoms with Gasteiger partial charge in [-0.05, 0) is 39.2 Å². The molecule has 0 aliphatic rings. The topological polar surface area (TPSA) is 73.2 Å². The molecule has 1 aromatic carbocycles. The van der Waals surface area contributed by atoms with Crippen molar-refractivity contribution in [1.82, 2.24) is 9.62 Å². The Morgan fingerprint density at radius 2 is 2.11 bits per heavy atom. The van der Waals surface area contributed by atoms with Crippen molar-refractivity contribution in [3.05, 3.63) is 28.8 Å². The molecule has 0 aliphatic heterocycles. The number of likely N-dealkylation sites (N-methyl/N-ethyl adjacent to an activating group) is 1. The van der Waals surface area contributed by atoms with E-state index in [0.717, 1.165) is 0 Å². The van der Waals surface area contributed by atoms with Crippen LogP contribution in [0.1, 0.15) is 12.5 Å². The second-order valence-corrected chi connectivity index (χ2v) is 6.56. The molecule has 0 saturated carbocycles. The molecule has 19 heavy (non-hydrogen) atoms. The maximum Gasteiger partial charge on any atom is 0.242 e. The molecule has 0 aromatic heterocycles. The molecule has 7 heteroatoms. The summed E-state index contributed by atoms with van der Waals surface area (Å²) in [6.45, 7) is 2.16. The average Bonchev–Trinajstić information content (AvgIpc) is 2.36. The Balaban J connectivity index is 2.98. The summed E-state index contributed by atoms with van der Waals surface area (Å²) in [6.07, 6.45) is 0. The highest BCUT2D eigenvalue weighted by atomic mass is 35.5. The number of hydrogen-bond donors (Lipinski definition) is 1. The van der Waals surface area contributed by atoms with Crippen molar-refractivity contribution in [3.63, 3.8) is 0 Å². The van der Waals surface area contributed by atoms with Crippen LogP contribution in [0.4, 0.5) is 0 Å². The van der Waals surface area contributed by atoms with E-state index in [9.17, 15) is 8.42 Å². The number of nitriles is 1. The Hall–Kier alpha value is -1.13. The van der Waals surface area contributed by atoms with Crippen LogP contribution in [0.3, 0.4) is 0 Å². The Morgan fingerprint density at radius 3 is 2.63 bits per heavy atom. The summed E-state index contributed by atoms with van der Waals surface area (Å²) >= 11 is 5.88. The Morgan fingerprint density at radius 1 is 1.47 bits per heavy atom. The van der Waals surface area contributed by atoms with Crippen molar-refractivity contribution < 1.29 is 8.42 Å². The minimum Gasteiger partial charge on any atom is -0.305 e. The third-order valence-electron chi connectivity index (χ3n) is 2.80. The molecule has 0 aliphatic carbocycles. The summed E-state index contributed by atoms with van der Waals surface area (Å²) in [4.78, 5) is 1.83. The molecule has 0 radical (unpaired) electrons. The van der Waals surface area contributed by atoms with Crippen LogP contribution in [0.2, 0.25) is 5.02 Å². The first-order valence-corrected chi connectivity index (χ1v) is 7.50. The second-order valence-electron chi connectivity index (χ2n) is 4.42. The first kappa shape index (κ1) is 15.9. The summed E-state index contributed by atoms with van der Waals surface area (Å²) in [5.41, 5.74) is 0.255. The van der Waals surface area contributed by atoms with Gasteiger partial charge in [-0.2, -0.15) is 5.26 Å².